The maximum Gasteiger partial charge on any atom is 0.338 e. The van der Waals surface area contributed by atoms with Crippen molar-refractivity contribution in [3.8, 4) is 0 Å². The van der Waals surface area contributed by atoms with E-state index in [0.29, 0.717) is 25.1 Å². The van der Waals surface area contributed by atoms with E-state index in [1.807, 2.05) is 18.2 Å². The van der Waals surface area contributed by atoms with Crippen molar-refractivity contribution in [3.63, 3.8) is 0 Å². The quantitative estimate of drug-likeness (QED) is 0.569. The second-order valence-corrected chi connectivity index (χ2v) is 4.39. The Morgan fingerprint density at radius 1 is 1.22 bits per heavy atom. The highest BCUT2D eigenvalue weighted by Gasteiger charge is 2.11. The summed E-state index contributed by atoms with van der Waals surface area (Å²) in [5.41, 5.74) is 7.15. The lowest BCUT2D eigenvalue weighted by molar-refractivity contribution is 0.0496. The van der Waals surface area contributed by atoms with Crippen LogP contribution in [0.3, 0.4) is 0 Å². The fourth-order valence-corrected chi connectivity index (χ4v) is 1.86. The van der Waals surface area contributed by atoms with Gasteiger partial charge in [-0.15, -0.1) is 0 Å². The summed E-state index contributed by atoms with van der Waals surface area (Å²) in [5.74, 6) is -0.226. The molecule has 3 nitrogen and oxygen atoms in total. The molecule has 18 heavy (non-hydrogen) atoms. The summed E-state index contributed by atoms with van der Waals surface area (Å²) < 4.78 is 5.28. The number of carbonyl (C=O) groups excluding carboxylic acids is 1. The van der Waals surface area contributed by atoms with Crippen molar-refractivity contribution >= 4 is 5.97 Å². The molecule has 0 aliphatic heterocycles. The molecule has 2 N–H and O–H groups in total. The van der Waals surface area contributed by atoms with E-state index < -0.39 is 0 Å². The zero-order valence-corrected chi connectivity index (χ0v) is 11.2. The molecule has 0 amide bonds. The molecule has 0 spiro atoms. The van der Waals surface area contributed by atoms with Gasteiger partial charge in [-0.1, -0.05) is 44.4 Å². The van der Waals surface area contributed by atoms with Gasteiger partial charge in [0, 0.05) is 0 Å². The Hall–Kier alpha value is -1.35. The van der Waals surface area contributed by atoms with Gasteiger partial charge in [-0.2, -0.15) is 0 Å². The highest BCUT2D eigenvalue weighted by molar-refractivity contribution is 5.91. The minimum absolute atomic E-state index is 0.226. The van der Waals surface area contributed by atoms with Crippen LogP contribution < -0.4 is 5.73 Å². The first-order chi connectivity index (χ1) is 8.79. The van der Waals surface area contributed by atoms with Crippen LogP contribution in [0.4, 0.5) is 0 Å². The van der Waals surface area contributed by atoms with Gasteiger partial charge in [0.1, 0.15) is 0 Å². The maximum absolute atomic E-state index is 11.9. The highest BCUT2D eigenvalue weighted by Crippen LogP contribution is 2.11. The van der Waals surface area contributed by atoms with Gasteiger partial charge in [-0.05, 0) is 31.0 Å². The minimum atomic E-state index is -0.226. The lowest BCUT2D eigenvalue weighted by Gasteiger charge is -2.08. The van der Waals surface area contributed by atoms with Crippen LogP contribution in [0.5, 0.6) is 0 Å². The van der Waals surface area contributed by atoms with E-state index in [0.717, 1.165) is 18.4 Å². The van der Waals surface area contributed by atoms with Gasteiger partial charge >= 0.3 is 5.97 Å². The van der Waals surface area contributed by atoms with E-state index in [1.54, 1.807) is 6.07 Å². The maximum atomic E-state index is 11.9. The fraction of sp³-hybridized carbons (Fsp3) is 0.533. The second kappa shape index (κ2) is 8.70. The number of benzene rings is 1. The van der Waals surface area contributed by atoms with Crippen LogP contribution in [0.25, 0.3) is 0 Å². The van der Waals surface area contributed by atoms with Crippen LogP contribution in [-0.2, 0) is 11.2 Å². The average Bonchev–Trinajstić information content (AvgIpc) is 2.39. The predicted molar refractivity (Wildman–Crippen MR) is 73.6 cm³/mol. The lowest BCUT2D eigenvalue weighted by atomic mass is 10.0. The molecule has 1 aromatic carbocycles. The molecule has 0 unspecified atom stereocenters. The summed E-state index contributed by atoms with van der Waals surface area (Å²) in [7, 11) is 0. The smallest absolute Gasteiger partial charge is 0.338 e. The molecule has 0 heterocycles. The van der Waals surface area contributed by atoms with E-state index in [9.17, 15) is 4.79 Å². The summed E-state index contributed by atoms with van der Waals surface area (Å²) in [6, 6.07) is 7.51. The van der Waals surface area contributed by atoms with E-state index >= 15 is 0 Å². The Balaban J connectivity index is 2.45. The summed E-state index contributed by atoms with van der Waals surface area (Å²) >= 11 is 0. The summed E-state index contributed by atoms with van der Waals surface area (Å²) in [6.45, 7) is 3.21. The Morgan fingerprint density at radius 3 is 2.72 bits per heavy atom. The topological polar surface area (TPSA) is 52.3 Å². The molecule has 0 aromatic heterocycles. The zero-order chi connectivity index (χ0) is 13.2. The molecular formula is C15H23NO2. The van der Waals surface area contributed by atoms with E-state index in [2.05, 4.69) is 6.92 Å². The molecule has 0 radical (unpaired) electrons. The number of hydrogen-bond acceptors (Lipinski definition) is 3. The van der Waals surface area contributed by atoms with Gasteiger partial charge in [-0.3, -0.25) is 0 Å². The van der Waals surface area contributed by atoms with Crippen molar-refractivity contribution in [3.05, 3.63) is 35.4 Å². The molecular weight excluding hydrogens is 226 g/mol. The van der Waals surface area contributed by atoms with Crippen molar-refractivity contribution < 1.29 is 9.53 Å². The van der Waals surface area contributed by atoms with E-state index in [-0.39, 0.29) is 5.97 Å². The lowest BCUT2D eigenvalue weighted by Crippen LogP contribution is -2.12. The number of rotatable bonds is 8. The Kier molecular flexibility index (Phi) is 7.11. The molecule has 100 valence electrons. The van der Waals surface area contributed by atoms with Crippen LogP contribution in [-0.4, -0.2) is 19.1 Å². The van der Waals surface area contributed by atoms with Gasteiger partial charge in [-0.25, -0.2) is 4.79 Å². The van der Waals surface area contributed by atoms with Crippen molar-refractivity contribution in [2.24, 2.45) is 5.73 Å². The second-order valence-electron chi connectivity index (χ2n) is 4.39. The molecule has 3 heteroatoms. The van der Waals surface area contributed by atoms with Crippen molar-refractivity contribution in [1.82, 2.24) is 0 Å². The Bertz CT molecular complexity index is 363. The van der Waals surface area contributed by atoms with Crippen LogP contribution in [0.1, 0.15) is 48.5 Å². The van der Waals surface area contributed by atoms with Crippen molar-refractivity contribution in [2.45, 2.75) is 39.0 Å². The number of ether oxygens (including phenoxy) is 1. The predicted octanol–water partition coefficient (Wildman–Crippen LogP) is 2.92. The molecule has 0 aliphatic rings. The number of hydrogen-bond donors (Lipinski definition) is 1. The number of carbonyl (C=O) groups is 1. The van der Waals surface area contributed by atoms with Crippen molar-refractivity contribution in [1.29, 1.82) is 0 Å². The van der Waals surface area contributed by atoms with Gasteiger partial charge in [0.15, 0.2) is 0 Å². The Labute approximate surface area is 109 Å². The van der Waals surface area contributed by atoms with Gasteiger partial charge < -0.3 is 10.5 Å². The average molecular weight is 249 g/mol. The van der Waals surface area contributed by atoms with Crippen LogP contribution in [0, 0.1) is 0 Å². The van der Waals surface area contributed by atoms with Crippen molar-refractivity contribution in [2.75, 3.05) is 13.2 Å². The molecule has 0 saturated heterocycles. The molecule has 0 aliphatic carbocycles. The number of nitrogens with two attached hydrogens (primary N) is 1. The van der Waals surface area contributed by atoms with Gasteiger partial charge in [0.05, 0.1) is 12.2 Å². The largest absolute Gasteiger partial charge is 0.462 e. The molecule has 1 aromatic rings. The standard InChI is InChI=1S/C15H23NO2/c1-2-3-4-7-12-18-15(17)14-9-6-5-8-13(14)10-11-16/h5-6,8-9H,2-4,7,10-12,16H2,1H3. The molecule has 0 bridgehead atoms. The minimum Gasteiger partial charge on any atom is -0.462 e. The first kappa shape index (κ1) is 14.7. The van der Waals surface area contributed by atoms with E-state index in [4.69, 9.17) is 10.5 Å². The third kappa shape index (κ3) is 4.88. The van der Waals surface area contributed by atoms with E-state index in [1.165, 1.54) is 12.8 Å². The third-order valence-electron chi connectivity index (χ3n) is 2.88. The summed E-state index contributed by atoms with van der Waals surface area (Å²) in [5, 5.41) is 0. The van der Waals surface area contributed by atoms with Crippen LogP contribution >= 0.6 is 0 Å². The molecule has 0 atom stereocenters. The van der Waals surface area contributed by atoms with Gasteiger partial charge in [0.25, 0.3) is 0 Å². The zero-order valence-electron chi connectivity index (χ0n) is 11.2. The highest BCUT2D eigenvalue weighted by atomic mass is 16.5. The molecule has 0 saturated carbocycles. The first-order valence-corrected chi connectivity index (χ1v) is 6.74. The van der Waals surface area contributed by atoms with Crippen LogP contribution in [0.15, 0.2) is 24.3 Å². The molecule has 0 fully saturated rings. The van der Waals surface area contributed by atoms with Gasteiger partial charge in [0.2, 0.25) is 0 Å². The third-order valence-corrected chi connectivity index (χ3v) is 2.88. The normalized spacial score (nSPS) is 10.3. The Morgan fingerprint density at radius 2 is 2.00 bits per heavy atom. The van der Waals surface area contributed by atoms with Crippen LogP contribution in [0.2, 0.25) is 0 Å². The molecule has 1 rings (SSSR count). The summed E-state index contributed by atoms with van der Waals surface area (Å²) in [4.78, 5) is 11.9. The first-order valence-electron chi connectivity index (χ1n) is 6.74. The monoisotopic (exact) mass is 249 g/mol. The number of esters is 1. The number of unbranched alkanes of at least 4 members (excludes halogenated alkanes) is 3. The SMILES string of the molecule is CCCCCCOC(=O)c1ccccc1CCN. The fourth-order valence-electron chi connectivity index (χ4n) is 1.86. The summed E-state index contributed by atoms with van der Waals surface area (Å²) in [6.07, 6.45) is 5.16.